The Bertz CT molecular complexity index is 871. The number of carbonyl (C=O) groups excluding carboxylic acids is 2. The van der Waals surface area contributed by atoms with Crippen molar-refractivity contribution in [2.24, 2.45) is 0 Å². The Kier molecular flexibility index (Phi) is 3.90. The lowest BCUT2D eigenvalue weighted by Gasteiger charge is -2.46. The maximum absolute atomic E-state index is 13.0. The van der Waals surface area contributed by atoms with Crippen molar-refractivity contribution < 1.29 is 14.0 Å². The van der Waals surface area contributed by atoms with Crippen LogP contribution in [0.15, 0.2) is 42.5 Å². The smallest absolute Gasteiger partial charge is 0.255 e. The van der Waals surface area contributed by atoms with E-state index in [2.05, 4.69) is 10.6 Å². The van der Waals surface area contributed by atoms with Gasteiger partial charge in [0, 0.05) is 31.5 Å². The summed E-state index contributed by atoms with van der Waals surface area (Å²) in [5.74, 6) is -0.554. The van der Waals surface area contributed by atoms with Crippen LogP contribution in [0.2, 0.25) is 0 Å². The van der Waals surface area contributed by atoms with E-state index in [1.165, 1.54) is 24.3 Å². The normalized spacial score (nSPS) is 18.1. The van der Waals surface area contributed by atoms with Crippen molar-refractivity contribution in [3.05, 3.63) is 65.0 Å². The number of hydrogen-bond donors (Lipinski definition) is 2. The lowest BCUT2D eigenvalue weighted by atomic mass is 9.91. The molecule has 134 valence electrons. The third-order valence-electron chi connectivity index (χ3n) is 5.23. The van der Waals surface area contributed by atoms with Crippen LogP contribution in [0.3, 0.4) is 0 Å². The molecule has 2 N–H and O–H groups in total. The van der Waals surface area contributed by atoms with Crippen LogP contribution >= 0.6 is 0 Å². The van der Waals surface area contributed by atoms with E-state index in [-0.39, 0.29) is 17.6 Å². The van der Waals surface area contributed by atoms with Gasteiger partial charge in [0.05, 0.1) is 11.3 Å². The zero-order chi connectivity index (χ0) is 18.3. The van der Waals surface area contributed by atoms with Crippen LogP contribution in [0.4, 0.5) is 10.1 Å². The molecule has 0 radical (unpaired) electrons. The summed E-state index contributed by atoms with van der Waals surface area (Å²) in [6.45, 7) is 3.01. The molecule has 1 spiro atoms. The number of amides is 2. The molecule has 2 aliphatic rings. The van der Waals surface area contributed by atoms with E-state index in [9.17, 15) is 14.0 Å². The summed E-state index contributed by atoms with van der Waals surface area (Å²) in [4.78, 5) is 26.9. The standard InChI is InChI=1S/C20H20FN3O2/c1-13-3-2-4-16-17(13)22-20(23-18(16)25)9-11-24(12-10-20)19(26)14-5-7-15(21)8-6-14/h2-8,22H,9-12H2,1H3,(H,23,25). The average molecular weight is 353 g/mol. The van der Waals surface area contributed by atoms with Crippen molar-refractivity contribution in [2.45, 2.75) is 25.4 Å². The van der Waals surface area contributed by atoms with Gasteiger partial charge in [0.25, 0.3) is 11.8 Å². The molecule has 2 amide bonds. The molecule has 0 aromatic heterocycles. The minimum atomic E-state index is -0.532. The van der Waals surface area contributed by atoms with Crippen LogP contribution in [0.25, 0.3) is 0 Å². The molecule has 26 heavy (non-hydrogen) atoms. The second-order valence-corrected chi connectivity index (χ2v) is 6.96. The van der Waals surface area contributed by atoms with E-state index in [1.54, 1.807) is 4.90 Å². The van der Waals surface area contributed by atoms with Gasteiger partial charge in [-0.05, 0) is 42.8 Å². The fourth-order valence-corrected chi connectivity index (χ4v) is 3.69. The van der Waals surface area contributed by atoms with E-state index in [0.717, 1.165) is 11.3 Å². The van der Waals surface area contributed by atoms with Gasteiger partial charge in [-0.2, -0.15) is 0 Å². The third kappa shape index (κ3) is 2.81. The second kappa shape index (κ2) is 6.12. The van der Waals surface area contributed by atoms with Gasteiger partial charge in [-0.3, -0.25) is 9.59 Å². The summed E-state index contributed by atoms with van der Waals surface area (Å²) >= 11 is 0. The van der Waals surface area contributed by atoms with E-state index in [0.29, 0.717) is 37.1 Å². The number of benzene rings is 2. The topological polar surface area (TPSA) is 61.4 Å². The molecule has 2 aliphatic heterocycles. The summed E-state index contributed by atoms with van der Waals surface area (Å²) in [6, 6.07) is 11.3. The van der Waals surface area contributed by atoms with E-state index < -0.39 is 5.66 Å². The molecular weight excluding hydrogens is 333 g/mol. The number of nitrogens with one attached hydrogen (secondary N) is 2. The highest BCUT2D eigenvalue weighted by Crippen LogP contribution is 2.33. The molecule has 2 aromatic rings. The first kappa shape index (κ1) is 16.6. The maximum atomic E-state index is 13.0. The number of para-hydroxylation sites is 1. The summed E-state index contributed by atoms with van der Waals surface area (Å²) in [5.41, 5.74) is 2.50. The van der Waals surface area contributed by atoms with Gasteiger partial charge >= 0.3 is 0 Å². The molecule has 2 aromatic carbocycles. The average Bonchev–Trinajstić information content (AvgIpc) is 2.64. The highest BCUT2D eigenvalue weighted by Gasteiger charge is 2.41. The fraction of sp³-hybridized carbons (Fsp3) is 0.300. The van der Waals surface area contributed by atoms with Gasteiger partial charge < -0.3 is 15.5 Å². The summed E-state index contributed by atoms with van der Waals surface area (Å²) < 4.78 is 13.0. The highest BCUT2D eigenvalue weighted by molar-refractivity contribution is 6.03. The Hall–Kier alpha value is -2.89. The van der Waals surface area contributed by atoms with Gasteiger partial charge in [0.2, 0.25) is 0 Å². The zero-order valence-corrected chi connectivity index (χ0v) is 14.5. The van der Waals surface area contributed by atoms with Gasteiger partial charge in [-0.15, -0.1) is 0 Å². The Balaban J connectivity index is 1.50. The number of nitrogens with zero attached hydrogens (tertiary/aromatic N) is 1. The number of halogens is 1. The maximum Gasteiger partial charge on any atom is 0.255 e. The molecule has 1 fully saturated rings. The largest absolute Gasteiger partial charge is 0.362 e. The predicted octanol–water partition coefficient (Wildman–Crippen LogP) is 2.92. The van der Waals surface area contributed by atoms with Gasteiger partial charge in [-0.1, -0.05) is 12.1 Å². The fourth-order valence-electron chi connectivity index (χ4n) is 3.69. The molecule has 0 aliphatic carbocycles. The van der Waals surface area contributed by atoms with Crippen molar-refractivity contribution >= 4 is 17.5 Å². The van der Waals surface area contributed by atoms with Crippen molar-refractivity contribution in [2.75, 3.05) is 18.4 Å². The molecule has 6 heteroatoms. The molecule has 0 unspecified atom stereocenters. The Morgan fingerprint density at radius 2 is 1.77 bits per heavy atom. The summed E-state index contributed by atoms with van der Waals surface area (Å²) in [7, 11) is 0. The number of rotatable bonds is 1. The second-order valence-electron chi connectivity index (χ2n) is 6.96. The van der Waals surface area contributed by atoms with Crippen LogP contribution in [0.1, 0.15) is 39.1 Å². The summed E-state index contributed by atoms with van der Waals surface area (Å²) in [6.07, 6.45) is 1.22. The van der Waals surface area contributed by atoms with Crippen LogP contribution in [-0.4, -0.2) is 35.5 Å². The first-order valence-electron chi connectivity index (χ1n) is 8.73. The minimum Gasteiger partial charge on any atom is -0.362 e. The Morgan fingerprint density at radius 3 is 2.46 bits per heavy atom. The van der Waals surface area contributed by atoms with Crippen molar-refractivity contribution in [1.82, 2.24) is 10.2 Å². The number of anilines is 1. The lowest BCUT2D eigenvalue weighted by Crippen LogP contribution is -2.62. The van der Waals surface area contributed by atoms with E-state index >= 15 is 0 Å². The predicted molar refractivity (Wildman–Crippen MR) is 96.5 cm³/mol. The number of carbonyl (C=O) groups is 2. The molecule has 1 saturated heterocycles. The minimum absolute atomic E-state index is 0.0826. The van der Waals surface area contributed by atoms with Crippen LogP contribution in [0.5, 0.6) is 0 Å². The van der Waals surface area contributed by atoms with Crippen molar-refractivity contribution in [3.63, 3.8) is 0 Å². The monoisotopic (exact) mass is 353 g/mol. The number of fused-ring (bicyclic) bond motifs is 1. The van der Waals surface area contributed by atoms with E-state index in [1.807, 2.05) is 25.1 Å². The SMILES string of the molecule is Cc1cccc2c1NC1(CCN(C(=O)c3ccc(F)cc3)CC1)NC2=O. The van der Waals surface area contributed by atoms with Crippen molar-refractivity contribution in [3.8, 4) is 0 Å². The molecule has 4 rings (SSSR count). The molecule has 0 saturated carbocycles. The number of aryl methyl sites for hydroxylation is 1. The quantitative estimate of drug-likeness (QED) is 0.829. The number of hydrogen-bond acceptors (Lipinski definition) is 3. The zero-order valence-electron chi connectivity index (χ0n) is 14.5. The van der Waals surface area contributed by atoms with Crippen LogP contribution in [-0.2, 0) is 0 Å². The molecule has 0 bridgehead atoms. The first-order valence-corrected chi connectivity index (χ1v) is 8.73. The Labute approximate surface area is 151 Å². The van der Waals surface area contributed by atoms with E-state index in [4.69, 9.17) is 0 Å². The van der Waals surface area contributed by atoms with Gasteiger partial charge in [0.15, 0.2) is 0 Å². The first-order chi connectivity index (χ1) is 12.5. The molecule has 2 heterocycles. The summed E-state index contributed by atoms with van der Waals surface area (Å²) in [5, 5.41) is 6.58. The van der Waals surface area contributed by atoms with Crippen molar-refractivity contribution in [1.29, 1.82) is 0 Å². The molecular formula is C20H20FN3O2. The third-order valence-corrected chi connectivity index (χ3v) is 5.23. The molecule has 5 nitrogen and oxygen atoms in total. The number of likely N-dealkylation sites (tertiary alicyclic amines) is 1. The van der Waals surface area contributed by atoms with Crippen LogP contribution in [0, 0.1) is 12.7 Å². The number of piperidine rings is 1. The highest BCUT2D eigenvalue weighted by atomic mass is 19.1. The Morgan fingerprint density at radius 1 is 1.08 bits per heavy atom. The molecule has 0 atom stereocenters. The van der Waals surface area contributed by atoms with Gasteiger partial charge in [0.1, 0.15) is 11.5 Å². The van der Waals surface area contributed by atoms with Crippen LogP contribution < -0.4 is 10.6 Å². The lowest BCUT2D eigenvalue weighted by molar-refractivity contribution is 0.0639. The van der Waals surface area contributed by atoms with Gasteiger partial charge in [-0.25, -0.2) is 4.39 Å².